The fourth-order valence-corrected chi connectivity index (χ4v) is 7.26. The predicted molar refractivity (Wildman–Crippen MR) is 198 cm³/mol. The SMILES string of the molecule is CC1(C)c2cc(N(c3ccc(-c4ccccc4)cc3)c3ccccc3-c3ccccc3)ccc2Oc2c1ccc1oc3ccccc3c21. The monoisotopic (exact) mass is 619 g/mol. The van der Waals surface area contributed by atoms with Crippen molar-refractivity contribution in [1.82, 2.24) is 0 Å². The Morgan fingerprint density at radius 3 is 1.94 bits per heavy atom. The van der Waals surface area contributed by atoms with E-state index in [4.69, 9.17) is 9.15 Å². The molecule has 0 bridgehead atoms. The first-order chi connectivity index (χ1) is 23.6. The van der Waals surface area contributed by atoms with E-state index in [1.807, 2.05) is 12.1 Å². The highest BCUT2D eigenvalue weighted by atomic mass is 16.5. The zero-order valence-corrected chi connectivity index (χ0v) is 26.9. The molecule has 9 rings (SSSR count). The number of ether oxygens (including phenoxy) is 1. The van der Waals surface area contributed by atoms with Gasteiger partial charge in [0.2, 0.25) is 0 Å². The second-order valence-corrected chi connectivity index (χ2v) is 13.0. The Labute approximate surface area is 280 Å². The lowest BCUT2D eigenvalue weighted by atomic mass is 9.75. The van der Waals surface area contributed by atoms with Gasteiger partial charge in [-0.25, -0.2) is 0 Å². The molecule has 48 heavy (non-hydrogen) atoms. The van der Waals surface area contributed by atoms with Crippen molar-refractivity contribution < 1.29 is 9.15 Å². The molecule has 0 N–H and O–H groups in total. The van der Waals surface area contributed by atoms with Gasteiger partial charge in [-0.15, -0.1) is 0 Å². The van der Waals surface area contributed by atoms with Gasteiger partial charge in [-0.05, 0) is 65.2 Å². The lowest BCUT2D eigenvalue weighted by Crippen LogP contribution is -2.25. The van der Waals surface area contributed by atoms with Gasteiger partial charge in [0.05, 0.1) is 11.1 Å². The van der Waals surface area contributed by atoms with E-state index in [2.05, 4.69) is 170 Å². The van der Waals surface area contributed by atoms with Crippen LogP contribution < -0.4 is 9.64 Å². The minimum atomic E-state index is -0.326. The van der Waals surface area contributed by atoms with Gasteiger partial charge >= 0.3 is 0 Å². The van der Waals surface area contributed by atoms with Crippen LogP contribution >= 0.6 is 0 Å². The lowest BCUT2D eigenvalue weighted by Gasteiger charge is -2.36. The number of fused-ring (bicyclic) bond motifs is 6. The number of furan rings is 1. The van der Waals surface area contributed by atoms with Crippen LogP contribution in [0.5, 0.6) is 11.5 Å². The van der Waals surface area contributed by atoms with Gasteiger partial charge < -0.3 is 14.1 Å². The highest BCUT2D eigenvalue weighted by molar-refractivity contribution is 6.09. The quantitative estimate of drug-likeness (QED) is 0.192. The smallest absolute Gasteiger partial charge is 0.143 e. The van der Waals surface area contributed by atoms with Crippen molar-refractivity contribution in [3.63, 3.8) is 0 Å². The van der Waals surface area contributed by atoms with E-state index in [1.54, 1.807) is 0 Å². The van der Waals surface area contributed by atoms with Gasteiger partial charge in [-0.2, -0.15) is 0 Å². The maximum atomic E-state index is 6.82. The first-order valence-electron chi connectivity index (χ1n) is 16.4. The van der Waals surface area contributed by atoms with E-state index in [1.165, 1.54) is 16.7 Å². The Kier molecular flexibility index (Phi) is 6.48. The Balaban J connectivity index is 1.21. The van der Waals surface area contributed by atoms with Crippen molar-refractivity contribution >= 4 is 39.0 Å². The van der Waals surface area contributed by atoms with Gasteiger partial charge in [0.25, 0.3) is 0 Å². The van der Waals surface area contributed by atoms with Gasteiger partial charge in [-0.1, -0.05) is 129 Å². The third-order valence-corrected chi connectivity index (χ3v) is 9.74. The molecular weight excluding hydrogens is 587 g/mol. The summed E-state index contributed by atoms with van der Waals surface area (Å²) < 4.78 is 13.0. The van der Waals surface area contributed by atoms with Crippen LogP contribution in [0.4, 0.5) is 17.1 Å². The Bertz CT molecular complexity index is 2440. The number of anilines is 3. The van der Waals surface area contributed by atoms with Crippen molar-refractivity contribution in [1.29, 1.82) is 0 Å². The van der Waals surface area contributed by atoms with Gasteiger partial charge in [0, 0.05) is 38.9 Å². The minimum absolute atomic E-state index is 0.326. The molecule has 0 atom stereocenters. The summed E-state index contributed by atoms with van der Waals surface area (Å²) in [6.07, 6.45) is 0. The summed E-state index contributed by atoms with van der Waals surface area (Å²) in [7, 11) is 0. The predicted octanol–water partition coefficient (Wildman–Crippen LogP) is 12.8. The van der Waals surface area contributed by atoms with Crippen molar-refractivity contribution in [3.8, 4) is 33.8 Å². The number of hydrogen-bond acceptors (Lipinski definition) is 3. The number of hydrogen-bond donors (Lipinski definition) is 0. The van der Waals surface area contributed by atoms with Crippen LogP contribution in [-0.2, 0) is 5.41 Å². The fourth-order valence-electron chi connectivity index (χ4n) is 7.26. The summed E-state index contributed by atoms with van der Waals surface area (Å²) in [5.41, 5.74) is 11.7. The van der Waals surface area contributed by atoms with Crippen LogP contribution in [0.25, 0.3) is 44.2 Å². The van der Waals surface area contributed by atoms with Crippen molar-refractivity contribution in [2.45, 2.75) is 19.3 Å². The highest BCUT2D eigenvalue weighted by Crippen LogP contribution is 2.53. The van der Waals surface area contributed by atoms with E-state index in [0.29, 0.717) is 0 Å². The largest absolute Gasteiger partial charge is 0.456 e. The van der Waals surface area contributed by atoms with Gasteiger partial charge in [0.1, 0.15) is 22.7 Å². The molecule has 0 aliphatic carbocycles. The molecule has 0 fully saturated rings. The van der Waals surface area contributed by atoms with Crippen LogP contribution in [0.1, 0.15) is 25.0 Å². The molecule has 0 spiro atoms. The van der Waals surface area contributed by atoms with E-state index in [-0.39, 0.29) is 5.41 Å². The molecule has 0 amide bonds. The van der Waals surface area contributed by atoms with Gasteiger partial charge in [-0.3, -0.25) is 0 Å². The average Bonchev–Trinajstić information content (AvgIpc) is 3.53. The van der Waals surface area contributed by atoms with Crippen LogP contribution in [0.2, 0.25) is 0 Å². The first kappa shape index (κ1) is 28.2. The minimum Gasteiger partial charge on any atom is -0.456 e. The third kappa shape index (κ3) is 4.51. The van der Waals surface area contributed by atoms with Crippen LogP contribution in [-0.4, -0.2) is 0 Å². The molecule has 0 saturated carbocycles. The molecule has 2 heterocycles. The Hall–Kier alpha value is -6.06. The van der Waals surface area contributed by atoms with Crippen LogP contribution in [0, 0.1) is 0 Å². The van der Waals surface area contributed by atoms with E-state index in [0.717, 1.165) is 67.2 Å². The van der Waals surface area contributed by atoms with Crippen LogP contribution in [0.15, 0.2) is 168 Å². The van der Waals surface area contributed by atoms with E-state index < -0.39 is 0 Å². The summed E-state index contributed by atoms with van der Waals surface area (Å²) in [6.45, 7) is 4.59. The molecule has 3 heteroatoms. The van der Waals surface area contributed by atoms with E-state index in [9.17, 15) is 0 Å². The molecule has 8 aromatic rings. The highest BCUT2D eigenvalue weighted by Gasteiger charge is 2.37. The molecule has 0 radical (unpaired) electrons. The average molecular weight is 620 g/mol. The van der Waals surface area contributed by atoms with E-state index >= 15 is 0 Å². The molecule has 1 aliphatic heterocycles. The lowest BCUT2D eigenvalue weighted by molar-refractivity contribution is 0.423. The third-order valence-electron chi connectivity index (χ3n) is 9.74. The normalized spacial score (nSPS) is 13.1. The maximum absolute atomic E-state index is 6.82. The Morgan fingerprint density at radius 2 is 1.15 bits per heavy atom. The van der Waals surface area contributed by atoms with Crippen LogP contribution in [0.3, 0.4) is 0 Å². The molecule has 230 valence electrons. The maximum Gasteiger partial charge on any atom is 0.143 e. The number of nitrogens with zero attached hydrogens (tertiary/aromatic N) is 1. The first-order valence-corrected chi connectivity index (χ1v) is 16.4. The van der Waals surface area contributed by atoms with Crippen molar-refractivity contribution in [2.75, 3.05) is 4.90 Å². The number of rotatable bonds is 5. The number of benzene rings is 7. The molecule has 1 aromatic heterocycles. The molecule has 0 unspecified atom stereocenters. The summed E-state index contributed by atoms with van der Waals surface area (Å²) in [5, 5.41) is 2.10. The molecule has 3 nitrogen and oxygen atoms in total. The molecule has 1 aliphatic rings. The summed E-state index contributed by atoms with van der Waals surface area (Å²) >= 11 is 0. The summed E-state index contributed by atoms with van der Waals surface area (Å²) in [5.74, 6) is 1.75. The summed E-state index contributed by atoms with van der Waals surface area (Å²) in [4.78, 5) is 2.37. The second-order valence-electron chi connectivity index (χ2n) is 13.0. The van der Waals surface area contributed by atoms with Crippen molar-refractivity contribution in [2.24, 2.45) is 0 Å². The van der Waals surface area contributed by atoms with Crippen molar-refractivity contribution in [3.05, 3.63) is 175 Å². The Morgan fingerprint density at radius 1 is 0.500 bits per heavy atom. The zero-order chi connectivity index (χ0) is 32.2. The second kappa shape index (κ2) is 11.0. The summed E-state index contributed by atoms with van der Waals surface area (Å²) in [6, 6.07) is 57.7. The zero-order valence-electron chi connectivity index (χ0n) is 26.9. The topological polar surface area (TPSA) is 25.6 Å². The standard InChI is InChI=1S/C45H33NO2/c1-45(2)37-26-28-42-43(36-18-10-12-20-40(36)47-42)44(37)48-41-27-25-34(29-38(41)45)46(33-23-21-31(22-24-33)30-13-5-3-6-14-30)39-19-11-9-17-35(39)32-15-7-4-8-16-32/h3-29H,1-2H3. The van der Waals surface area contributed by atoms with Gasteiger partial charge in [0.15, 0.2) is 0 Å². The fraction of sp³-hybridized carbons (Fsp3) is 0.0667. The molecule has 7 aromatic carbocycles. The molecular formula is C45H33NO2. The number of para-hydroxylation sites is 2. The molecule has 0 saturated heterocycles.